The first-order valence-corrected chi connectivity index (χ1v) is 6.84. The third-order valence-corrected chi connectivity index (χ3v) is 3.39. The molecule has 0 amide bonds. The van der Waals surface area contributed by atoms with Crippen LogP contribution in [0.3, 0.4) is 0 Å². The van der Waals surface area contributed by atoms with Gasteiger partial charge in [0.05, 0.1) is 5.69 Å². The van der Waals surface area contributed by atoms with E-state index in [0.717, 1.165) is 17.6 Å². The van der Waals surface area contributed by atoms with Crippen molar-refractivity contribution in [1.82, 2.24) is 4.98 Å². The molecule has 0 aliphatic rings. The summed E-state index contributed by atoms with van der Waals surface area (Å²) in [6.07, 6.45) is 1.09. The maximum absolute atomic E-state index is 10.9. The number of carbonyl (C=O) groups is 1. The Bertz CT molecular complexity index is 465. The maximum Gasteiger partial charge on any atom is 0.326 e. The average molecular weight is 250 g/mol. The predicted octanol–water partition coefficient (Wildman–Crippen LogP) is -0.228. The molecule has 0 saturated heterocycles. The van der Waals surface area contributed by atoms with Crippen LogP contribution in [0.2, 0.25) is 0 Å². The van der Waals surface area contributed by atoms with E-state index in [1.165, 1.54) is 5.38 Å². The fraction of sp³-hybridized carbons (Fsp3) is 0.429. The molecule has 0 bridgehead atoms. The van der Waals surface area contributed by atoms with Crippen molar-refractivity contribution in [2.45, 2.75) is 11.8 Å². The van der Waals surface area contributed by atoms with Crippen LogP contribution >= 0.6 is 11.3 Å². The number of aliphatic carboxylic acids is 1. The van der Waals surface area contributed by atoms with Crippen molar-refractivity contribution in [3.8, 4) is 0 Å². The van der Waals surface area contributed by atoms with Gasteiger partial charge >= 0.3 is 5.97 Å². The molecular formula is C7H10N2O4S2. The number of carboxylic acid groups (broad SMARTS) is 1. The number of sulfone groups is 1. The van der Waals surface area contributed by atoms with Gasteiger partial charge in [-0.25, -0.2) is 13.4 Å². The molecule has 84 valence electrons. The van der Waals surface area contributed by atoms with Crippen LogP contribution in [-0.2, 0) is 20.4 Å². The second-order valence-corrected chi connectivity index (χ2v) is 6.13. The minimum atomic E-state index is -3.15. The van der Waals surface area contributed by atoms with Gasteiger partial charge in [-0.15, -0.1) is 11.3 Å². The number of aromatic nitrogens is 1. The summed E-state index contributed by atoms with van der Waals surface area (Å²) in [6, 6.07) is -1.20. The molecule has 1 aromatic heterocycles. The van der Waals surface area contributed by atoms with Crippen molar-refractivity contribution in [1.29, 1.82) is 0 Å². The molecule has 0 aliphatic carbocycles. The van der Waals surface area contributed by atoms with E-state index >= 15 is 0 Å². The van der Waals surface area contributed by atoms with Crippen LogP contribution < -0.4 is 5.73 Å². The quantitative estimate of drug-likeness (QED) is 0.763. The van der Waals surface area contributed by atoms with Gasteiger partial charge in [-0.05, 0) is 0 Å². The number of rotatable bonds is 4. The minimum absolute atomic E-state index is 0.186. The number of hydrogen-bond acceptors (Lipinski definition) is 6. The summed E-state index contributed by atoms with van der Waals surface area (Å²) in [5.74, 6) is -1.38. The van der Waals surface area contributed by atoms with Crippen LogP contribution in [-0.4, -0.2) is 30.7 Å². The van der Waals surface area contributed by atoms with Gasteiger partial charge in [-0.2, -0.15) is 0 Å². The average Bonchev–Trinajstić information content (AvgIpc) is 2.48. The van der Waals surface area contributed by atoms with Crippen LogP contribution in [0.1, 0.15) is 16.7 Å². The highest BCUT2D eigenvalue weighted by atomic mass is 32.2. The van der Waals surface area contributed by atoms with Gasteiger partial charge in [0.1, 0.15) is 16.8 Å². The first-order chi connectivity index (χ1) is 6.79. The molecule has 1 aromatic rings. The topological polar surface area (TPSA) is 110 Å². The molecule has 0 radical (unpaired) electrons. The standard InChI is InChI=1S/C7H10N2O4S2/c1-15(12,13)3-5-9-4(2-14-5)6(8)7(10)11/h2,6H,3,8H2,1H3,(H,10,11). The molecule has 1 atom stereocenters. The van der Waals surface area contributed by atoms with Crippen molar-refractivity contribution in [3.63, 3.8) is 0 Å². The SMILES string of the molecule is CS(=O)(=O)Cc1nc(C(N)C(=O)O)cs1. The van der Waals surface area contributed by atoms with Gasteiger partial charge in [0.15, 0.2) is 9.84 Å². The van der Waals surface area contributed by atoms with Crippen molar-refractivity contribution in [3.05, 3.63) is 16.1 Å². The fourth-order valence-corrected chi connectivity index (χ4v) is 2.93. The summed E-state index contributed by atoms with van der Waals surface area (Å²) in [5, 5.41) is 10.4. The molecular weight excluding hydrogens is 240 g/mol. The largest absolute Gasteiger partial charge is 0.480 e. The predicted molar refractivity (Wildman–Crippen MR) is 55.2 cm³/mol. The normalized spacial score (nSPS) is 13.7. The van der Waals surface area contributed by atoms with Crippen molar-refractivity contribution in [2.24, 2.45) is 5.73 Å². The van der Waals surface area contributed by atoms with Crippen molar-refractivity contribution >= 4 is 27.1 Å². The number of carboxylic acids is 1. The molecule has 8 heteroatoms. The molecule has 0 saturated carbocycles. The first kappa shape index (κ1) is 12.1. The van der Waals surface area contributed by atoms with E-state index in [1.54, 1.807) is 0 Å². The Morgan fingerprint density at radius 2 is 2.33 bits per heavy atom. The fourth-order valence-electron chi connectivity index (χ4n) is 0.885. The number of thiazole rings is 1. The monoisotopic (exact) mass is 250 g/mol. The zero-order valence-electron chi connectivity index (χ0n) is 7.87. The Kier molecular flexibility index (Phi) is 3.42. The lowest BCUT2D eigenvalue weighted by Crippen LogP contribution is -2.21. The number of nitrogens with two attached hydrogens (primary N) is 1. The van der Waals surface area contributed by atoms with E-state index in [-0.39, 0.29) is 11.4 Å². The summed E-state index contributed by atoms with van der Waals surface area (Å²) in [6.45, 7) is 0. The Morgan fingerprint density at radius 3 is 2.80 bits per heavy atom. The Hall–Kier alpha value is -0.990. The minimum Gasteiger partial charge on any atom is -0.480 e. The van der Waals surface area contributed by atoms with E-state index in [9.17, 15) is 13.2 Å². The molecule has 0 spiro atoms. The summed E-state index contributed by atoms with van der Waals surface area (Å²) >= 11 is 1.09. The molecule has 1 rings (SSSR count). The number of nitrogens with zero attached hydrogens (tertiary/aromatic N) is 1. The van der Waals surface area contributed by atoms with Crippen molar-refractivity contribution < 1.29 is 18.3 Å². The van der Waals surface area contributed by atoms with E-state index in [2.05, 4.69) is 4.98 Å². The highest BCUT2D eigenvalue weighted by Gasteiger charge is 2.18. The van der Waals surface area contributed by atoms with Crippen LogP contribution in [0.15, 0.2) is 5.38 Å². The molecule has 0 fully saturated rings. The van der Waals surface area contributed by atoms with Gasteiger partial charge in [-0.1, -0.05) is 0 Å². The van der Waals surface area contributed by atoms with E-state index in [1.807, 2.05) is 0 Å². The Labute approximate surface area is 90.7 Å². The molecule has 1 unspecified atom stereocenters. The number of hydrogen-bond donors (Lipinski definition) is 2. The highest BCUT2D eigenvalue weighted by molar-refractivity contribution is 7.90. The molecule has 0 aromatic carbocycles. The zero-order valence-corrected chi connectivity index (χ0v) is 9.51. The van der Waals surface area contributed by atoms with Crippen molar-refractivity contribution in [2.75, 3.05) is 6.26 Å². The summed E-state index contributed by atoms with van der Waals surface area (Å²) in [7, 11) is -3.15. The van der Waals surface area contributed by atoms with Crippen LogP contribution in [0.5, 0.6) is 0 Å². The van der Waals surface area contributed by atoms with Gasteiger partial charge in [-0.3, -0.25) is 4.79 Å². The van der Waals surface area contributed by atoms with Crippen LogP contribution in [0.4, 0.5) is 0 Å². The summed E-state index contributed by atoms with van der Waals surface area (Å²) in [5.41, 5.74) is 5.50. The Morgan fingerprint density at radius 1 is 1.73 bits per heavy atom. The van der Waals surface area contributed by atoms with Gasteiger partial charge < -0.3 is 10.8 Å². The van der Waals surface area contributed by atoms with E-state index in [4.69, 9.17) is 10.8 Å². The van der Waals surface area contributed by atoms with Gasteiger partial charge in [0.2, 0.25) is 0 Å². The smallest absolute Gasteiger partial charge is 0.326 e. The molecule has 1 heterocycles. The lowest BCUT2D eigenvalue weighted by atomic mass is 10.2. The summed E-state index contributed by atoms with van der Waals surface area (Å²) < 4.78 is 21.9. The van der Waals surface area contributed by atoms with Crippen LogP contribution in [0, 0.1) is 0 Å². The van der Waals surface area contributed by atoms with Gasteiger partial charge in [0.25, 0.3) is 0 Å². The summed E-state index contributed by atoms with van der Waals surface area (Å²) in [4.78, 5) is 14.4. The second-order valence-electron chi connectivity index (χ2n) is 3.05. The second kappa shape index (κ2) is 4.25. The molecule has 15 heavy (non-hydrogen) atoms. The van der Waals surface area contributed by atoms with E-state index in [0.29, 0.717) is 5.01 Å². The first-order valence-electron chi connectivity index (χ1n) is 3.90. The van der Waals surface area contributed by atoms with Gasteiger partial charge in [0, 0.05) is 11.6 Å². The molecule has 3 N–H and O–H groups in total. The lowest BCUT2D eigenvalue weighted by molar-refractivity contribution is -0.138. The lowest BCUT2D eigenvalue weighted by Gasteiger charge is -2.00. The Balaban J connectivity index is 2.86. The molecule has 6 nitrogen and oxygen atoms in total. The van der Waals surface area contributed by atoms with Crippen LogP contribution in [0.25, 0.3) is 0 Å². The third-order valence-electron chi connectivity index (χ3n) is 1.54. The third kappa shape index (κ3) is 3.57. The zero-order chi connectivity index (χ0) is 11.6. The van der Waals surface area contributed by atoms with E-state index < -0.39 is 21.8 Å². The maximum atomic E-state index is 10.9. The highest BCUT2D eigenvalue weighted by Crippen LogP contribution is 2.17. The molecule has 0 aliphatic heterocycles.